The van der Waals surface area contributed by atoms with Gasteiger partial charge in [0.1, 0.15) is 6.54 Å². The second-order valence-electron chi connectivity index (χ2n) is 4.50. The van der Waals surface area contributed by atoms with Crippen molar-refractivity contribution in [3.63, 3.8) is 0 Å². The second-order valence-corrected chi connectivity index (χ2v) is 4.90. The molecular formula is C15H18ClNO3. The molecule has 0 fully saturated rings. The van der Waals surface area contributed by atoms with Crippen LogP contribution in [0, 0.1) is 6.92 Å². The molecule has 0 saturated heterocycles. The third-order valence-electron chi connectivity index (χ3n) is 2.75. The summed E-state index contributed by atoms with van der Waals surface area (Å²) in [5, 5.41) is 9.41. The molecule has 1 aromatic carbocycles. The summed E-state index contributed by atoms with van der Waals surface area (Å²) in [5.41, 5.74) is 1.77. The van der Waals surface area contributed by atoms with E-state index in [-0.39, 0.29) is 12.5 Å². The van der Waals surface area contributed by atoms with Crippen molar-refractivity contribution < 1.29 is 14.7 Å². The Bertz CT molecular complexity index is 526. The van der Waals surface area contributed by atoms with E-state index >= 15 is 0 Å². The van der Waals surface area contributed by atoms with E-state index in [4.69, 9.17) is 16.7 Å². The summed E-state index contributed by atoms with van der Waals surface area (Å²) in [6.07, 6.45) is 3.72. The Morgan fingerprint density at radius 2 is 2.10 bits per heavy atom. The lowest BCUT2D eigenvalue weighted by molar-refractivity contribution is -0.142. The van der Waals surface area contributed by atoms with Gasteiger partial charge in [-0.3, -0.25) is 9.59 Å². The van der Waals surface area contributed by atoms with Gasteiger partial charge in [-0.15, -0.1) is 0 Å². The fourth-order valence-corrected chi connectivity index (χ4v) is 1.88. The molecule has 4 nitrogen and oxygen atoms in total. The van der Waals surface area contributed by atoms with Crippen molar-refractivity contribution in [1.29, 1.82) is 0 Å². The van der Waals surface area contributed by atoms with Crippen LogP contribution in [0.3, 0.4) is 0 Å². The number of benzene rings is 1. The van der Waals surface area contributed by atoms with Crippen molar-refractivity contribution in [2.24, 2.45) is 0 Å². The van der Waals surface area contributed by atoms with Crippen LogP contribution < -0.4 is 0 Å². The Morgan fingerprint density at radius 3 is 2.65 bits per heavy atom. The highest BCUT2D eigenvalue weighted by Crippen LogP contribution is 2.17. The highest BCUT2D eigenvalue weighted by Gasteiger charge is 2.12. The fraction of sp³-hybridized carbons (Fsp3) is 0.333. The van der Waals surface area contributed by atoms with Crippen LogP contribution in [0.5, 0.6) is 0 Å². The molecular weight excluding hydrogens is 278 g/mol. The topological polar surface area (TPSA) is 57.6 Å². The molecule has 1 aromatic rings. The molecule has 0 bridgehead atoms. The Balaban J connectivity index is 2.77. The SMILES string of the molecule is CCCN(CC(=O)O)C(=O)/C=C/c1ccc(C)c(Cl)c1. The number of carboxylic acid groups (broad SMARTS) is 1. The third kappa shape index (κ3) is 5.05. The number of hydrogen-bond acceptors (Lipinski definition) is 2. The first-order chi connectivity index (χ1) is 9.43. The minimum Gasteiger partial charge on any atom is -0.480 e. The first-order valence-corrected chi connectivity index (χ1v) is 6.76. The van der Waals surface area contributed by atoms with E-state index in [2.05, 4.69) is 0 Å². The van der Waals surface area contributed by atoms with E-state index in [9.17, 15) is 9.59 Å². The number of hydrogen-bond donors (Lipinski definition) is 1. The predicted octanol–water partition coefficient (Wildman–Crippen LogP) is 2.98. The van der Waals surface area contributed by atoms with Gasteiger partial charge in [-0.1, -0.05) is 30.7 Å². The Morgan fingerprint density at radius 1 is 1.40 bits per heavy atom. The highest BCUT2D eigenvalue weighted by atomic mass is 35.5. The van der Waals surface area contributed by atoms with Crippen LogP contribution in [-0.4, -0.2) is 35.0 Å². The van der Waals surface area contributed by atoms with Crippen LogP contribution >= 0.6 is 11.6 Å². The summed E-state index contributed by atoms with van der Waals surface area (Å²) in [4.78, 5) is 23.9. The second kappa shape index (κ2) is 7.70. The first-order valence-electron chi connectivity index (χ1n) is 6.39. The van der Waals surface area contributed by atoms with Crippen molar-refractivity contribution in [3.05, 3.63) is 40.4 Å². The smallest absolute Gasteiger partial charge is 0.323 e. The lowest BCUT2D eigenvalue weighted by Gasteiger charge is -2.17. The number of carboxylic acids is 1. The summed E-state index contributed by atoms with van der Waals surface area (Å²) in [6.45, 7) is 3.93. The average molecular weight is 296 g/mol. The first kappa shape index (κ1) is 16.2. The quantitative estimate of drug-likeness (QED) is 0.821. The average Bonchev–Trinajstić information content (AvgIpc) is 2.39. The van der Waals surface area contributed by atoms with Crippen molar-refractivity contribution in [2.45, 2.75) is 20.3 Å². The van der Waals surface area contributed by atoms with Crippen LogP contribution in [-0.2, 0) is 9.59 Å². The van der Waals surface area contributed by atoms with E-state index < -0.39 is 5.97 Å². The summed E-state index contributed by atoms with van der Waals surface area (Å²) >= 11 is 6.00. The van der Waals surface area contributed by atoms with Gasteiger partial charge in [0.15, 0.2) is 0 Å². The zero-order chi connectivity index (χ0) is 15.1. The van der Waals surface area contributed by atoms with E-state index in [0.717, 1.165) is 11.1 Å². The van der Waals surface area contributed by atoms with E-state index in [0.29, 0.717) is 18.0 Å². The fourth-order valence-electron chi connectivity index (χ4n) is 1.69. The van der Waals surface area contributed by atoms with Crippen molar-refractivity contribution >= 4 is 29.6 Å². The molecule has 1 rings (SSSR count). The van der Waals surface area contributed by atoms with Gasteiger partial charge in [-0.2, -0.15) is 0 Å². The maximum absolute atomic E-state index is 11.9. The standard InChI is InChI=1S/C15H18ClNO3/c1-3-8-17(10-15(19)20)14(18)7-6-12-5-4-11(2)13(16)9-12/h4-7,9H,3,8,10H2,1-2H3,(H,19,20)/b7-6+. The van der Waals surface area contributed by atoms with Gasteiger partial charge in [0.2, 0.25) is 5.91 Å². The Labute approximate surface area is 123 Å². The van der Waals surface area contributed by atoms with Crippen molar-refractivity contribution in [2.75, 3.05) is 13.1 Å². The van der Waals surface area contributed by atoms with Crippen molar-refractivity contribution in [1.82, 2.24) is 4.90 Å². The molecule has 0 atom stereocenters. The lowest BCUT2D eigenvalue weighted by Crippen LogP contribution is -2.35. The van der Waals surface area contributed by atoms with Gasteiger partial charge in [-0.05, 0) is 36.6 Å². The van der Waals surface area contributed by atoms with Gasteiger partial charge in [0.25, 0.3) is 0 Å². The van der Waals surface area contributed by atoms with Crippen molar-refractivity contribution in [3.8, 4) is 0 Å². The van der Waals surface area contributed by atoms with Crippen LogP contribution in [0.25, 0.3) is 6.08 Å². The molecule has 0 radical (unpaired) electrons. The summed E-state index contributed by atoms with van der Waals surface area (Å²) < 4.78 is 0. The zero-order valence-corrected chi connectivity index (χ0v) is 12.4. The molecule has 0 spiro atoms. The molecule has 1 N–H and O–H groups in total. The Hall–Kier alpha value is -1.81. The Kier molecular flexibility index (Phi) is 6.25. The van der Waals surface area contributed by atoms with Gasteiger partial charge in [0, 0.05) is 17.6 Å². The molecule has 108 valence electrons. The van der Waals surface area contributed by atoms with Gasteiger partial charge in [0.05, 0.1) is 0 Å². The van der Waals surface area contributed by atoms with Crippen LogP contribution in [0.4, 0.5) is 0 Å². The third-order valence-corrected chi connectivity index (χ3v) is 3.15. The molecule has 0 unspecified atom stereocenters. The maximum atomic E-state index is 11.9. The summed E-state index contributed by atoms with van der Waals surface area (Å²) in [7, 11) is 0. The van der Waals surface area contributed by atoms with Gasteiger partial charge >= 0.3 is 5.97 Å². The number of carbonyl (C=O) groups excluding carboxylic acids is 1. The highest BCUT2D eigenvalue weighted by molar-refractivity contribution is 6.31. The molecule has 0 aromatic heterocycles. The normalized spacial score (nSPS) is 10.8. The number of aryl methyl sites for hydroxylation is 1. The number of nitrogens with zero attached hydrogens (tertiary/aromatic N) is 1. The number of aliphatic carboxylic acids is 1. The van der Waals surface area contributed by atoms with Crippen LogP contribution in [0.1, 0.15) is 24.5 Å². The number of halogens is 1. The monoisotopic (exact) mass is 295 g/mol. The molecule has 0 saturated carbocycles. The minimum atomic E-state index is -1.02. The number of carbonyl (C=O) groups is 2. The molecule has 0 aliphatic heterocycles. The van der Waals surface area contributed by atoms with E-state index in [1.54, 1.807) is 12.1 Å². The lowest BCUT2D eigenvalue weighted by atomic mass is 10.1. The molecule has 5 heteroatoms. The maximum Gasteiger partial charge on any atom is 0.323 e. The summed E-state index contributed by atoms with van der Waals surface area (Å²) in [6, 6.07) is 5.49. The largest absolute Gasteiger partial charge is 0.480 e. The van der Waals surface area contributed by atoms with E-state index in [1.165, 1.54) is 11.0 Å². The summed E-state index contributed by atoms with van der Waals surface area (Å²) in [5.74, 6) is -1.33. The molecule has 0 aliphatic carbocycles. The van der Waals surface area contributed by atoms with Crippen LogP contribution in [0.2, 0.25) is 5.02 Å². The van der Waals surface area contributed by atoms with E-state index in [1.807, 2.05) is 26.0 Å². The zero-order valence-electron chi connectivity index (χ0n) is 11.6. The molecule has 1 amide bonds. The minimum absolute atomic E-state index is 0.286. The molecule has 20 heavy (non-hydrogen) atoms. The molecule has 0 aliphatic rings. The molecule has 0 heterocycles. The number of amides is 1. The number of rotatable bonds is 6. The predicted molar refractivity (Wildman–Crippen MR) is 79.7 cm³/mol. The van der Waals surface area contributed by atoms with Gasteiger partial charge in [-0.25, -0.2) is 0 Å². The van der Waals surface area contributed by atoms with Crippen LogP contribution in [0.15, 0.2) is 24.3 Å². The van der Waals surface area contributed by atoms with Gasteiger partial charge < -0.3 is 10.0 Å².